The minimum Gasteiger partial charge on any atom is -0.311 e. The molecule has 0 amide bonds. The van der Waals surface area contributed by atoms with Crippen LogP contribution >= 0.6 is 0 Å². The standard InChI is InChI=1S/C72H60BN3/c1-40(2)42-26-32-57-53(35-42)65-67-52(49-20-13-14-23-54(49)72(67,9)10)39-56-69(65)76(57)62-38-46(75-59-24-16-22-51-48-19-12-11-18-47(48)50-21-15-17-41-25-33-60(75)66(63(41)50)64(51)59)37-61-68(62)73(56)55-36-44(71(6,7)8)29-34-58(55)74(61)45-30-27-43(28-31-45)70(3,4)5/h11-40H,1-10H3. The number of nitrogens with zero attached hydrogens (tertiary/aromatic N) is 3. The summed E-state index contributed by atoms with van der Waals surface area (Å²) in [6, 6.07) is 69.0. The maximum atomic E-state index is 2.72. The Balaban J connectivity index is 1.10. The first kappa shape index (κ1) is 44.2. The number of hydrogen-bond donors (Lipinski definition) is 0. The van der Waals surface area contributed by atoms with E-state index in [9.17, 15) is 0 Å². The van der Waals surface area contributed by atoms with E-state index in [1.165, 1.54) is 155 Å². The summed E-state index contributed by atoms with van der Waals surface area (Å²) < 4.78 is 5.33. The van der Waals surface area contributed by atoms with E-state index in [1.54, 1.807) is 0 Å². The highest BCUT2D eigenvalue weighted by atomic mass is 15.2. The van der Waals surface area contributed by atoms with Crippen molar-refractivity contribution in [1.82, 2.24) is 9.13 Å². The highest BCUT2D eigenvalue weighted by Crippen LogP contribution is 2.55. The molecule has 10 aromatic carbocycles. The molecule has 0 saturated heterocycles. The van der Waals surface area contributed by atoms with Crippen molar-refractivity contribution in [2.24, 2.45) is 0 Å². The summed E-state index contributed by atoms with van der Waals surface area (Å²) in [5, 5.41) is 7.99. The van der Waals surface area contributed by atoms with Gasteiger partial charge in [0.05, 0.1) is 22.2 Å². The monoisotopic (exact) mass is 977 g/mol. The third kappa shape index (κ3) is 5.59. The van der Waals surface area contributed by atoms with Crippen LogP contribution < -0.4 is 21.3 Å². The first-order valence-electron chi connectivity index (χ1n) is 27.7. The third-order valence-corrected chi connectivity index (χ3v) is 18.5. The van der Waals surface area contributed by atoms with Crippen molar-refractivity contribution in [3.05, 3.63) is 204 Å². The van der Waals surface area contributed by atoms with Crippen molar-refractivity contribution in [3.63, 3.8) is 0 Å². The van der Waals surface area contributed by atoms with Crippen LogP contribution in [0.15, 0.2) is 176 Å². The minimum atomic E-state index is -0.212. The average Bonchev–Trinajstić information content (AvgIpc) is 4.09. The predicted octanol–water partition coefficient (Wildman–Crippen LogP) is 17.3. The molecule has 2 aromatic heterocycles. The molecule has 0 unspecified atom stereocenters. The van der Waals surface area contributed by atoms with E-state index < -0.39 is 0 Å². The second-order valence-electron chi connectivity index (χ2n) is 25.5. The molecule has 0 spiro atoms. The Morgan fingerprint density at radius 2 is 1.09 bits per heavy atom. The van der Waals surface area contributed by atoms with Gasteiger partial charge in [-0.3, -0.25) is 0 Å². The fourth-order valence-corrected chi connectivity index (χ4v) is 14.8. The van der Waals surface area contributed by atoms with Crippen molar-refractivity contribution >= 4 is 94.5 Å². The lowest BCUT2D eigenvalue weighted by atomic mass is 9.33. The van der Waals surface area contributed by atoms with E-state index in [0.29, 0.717) is 5.92 Å². The van der Waals surface area contributed by atoms with Gasteiger partial charge in [0.25, 0.3) is 6.71 Å². The molecule has 0 bridgehead atoms. The number of aromatic nitrogens is 2. The maximum Gasteiger partial charge on any atom is 0.252 e. The molecule has 2 aliphatic heterocycles. The molecule has 16 rings (SSSR count). The molecule has 3 nitrogen and oxygen atoms in total. The van der Waals surface area contributed by atoms with Gasteiger partial charge >= 0.3 is 0 Å². The van der Waals surface area contributed by atoms with Gasteiger partial charge in [-0.25, -0.2) is 0 Å². The van der Waals surface area contributed by atoms with E-state index in [1.807, 2.05) is 0 Å². The van der Waals surface area contributed by atoms with Gasteiger partial charge in [0.1, 0.15) is 0 Å². The van der Waals surface area contributed by atoms with Gasteiger partial charge < -0.3 is 14.0 Å². The van der Waals surface area contributed by atoms with Gasteiger partial charge in [-0.05, 0) is 160 Å². The van der Waals surface area contributed by atoms with Gasteiger partial charge in [0.15, 0.2) is 0 Å². The lowest BCUT2D eigenvalue weighted by molar-refractivity contribution is 0.590. The van der Waals surface area contributed by atoms with Crippen molar-refractivity contribution in [2.45, 2.75) is 91.4 Å². The number of rotatable bonds is 3. The normalized spacial score (nSPS) is 14.6. The molecule has 0 N–H and O–H groups in total. The van der Waals surface area contributed by atoms with E-state index in [2.05, 4.69) is 259 Å². The largest absolute Gasteiger partial charge is 0.311 e. The molecule has 4 heteroatoms. The summed E-state index contributed by atoms with van der Waals surface area (Å²) in [5.41, 5.74) is 29.8. The first-order chi connectivity index (χ1) is 36.6. The van der Waals surface area contributed by atoms with E-state index in [0.717, 1.165) is 5.69 Å². The van der Waals surface area contributed by atoms with Crippen LogP contribution in [-0.4, -0.2) is 15.8 Å². The molecule has 0 radical (unpaired) electrons. The van der Waals surface area contributed by atoms with Crippen LogP contribution in [0.3, 0.4) is 0 Å². The zero-order valence-corrected chi connectivity index (χ0v) is 45.2. The average molecular weight is 978 g/mol. The molecule has 2 aliphatic carbocycles. The summed E-state index contributed by atoms with van der Waals surface area (Å²) in [7, 11) is 0. The fraction of sp³-hybridized carbons (Fsp3) is 0.194. The fourth-order valence-electron chi connectivity index (χ4n) is 14.8. The van der Waals surface area contributed by atoms with E-state index in [4.69, 9.17) is 0 Å². The molecule has 76 heavy (non-hydrogen) atoms. The van der Waals surface area contributed by atoms with Crippen LogP contribution in [0.5, 0.6) is 0 Å². The molecular formula is C72H60BN3. The molecule has 0 saturated carbocycles. The second kappa shape index (κ2) is 14.6. The summed E-state index contributed by atoms with van der Waals surface area (Å²) in [5.74, 6) is 0.381. The van der Waals surface area contributed by atoms with Crippen molar-refractivity contribution in [2.75, 3.05) is 4.90 Å². The van der Waals surface area contributed by atoms with Crippen LogP contribution in [0.25, 0.3) is 99.1 Å². The summed E-state index contributed by atoms with van der Waals surface area (Å²) in [6.45, 7) is 23.6. The Kier molecular flexibility index (Phi) is 8.53. The summed E-state index contributed by atoms with van der Waals surface area (Å²) >= 11 is 0. The molecule has 12 aromatic rings. The summed E-state index contributed by atoms with van der Waals surface area (Å²) in [6.07, 6.45) is 0. The Morgan fingerprint density at radius 3 is 1.83 bits per heavy atom. The van der Waals surface area contributed by atoms with Crippen LogP contribution in [0.4, 0.5) is 17.1 Å². The Morgan fingerprint density at radius 1 is 0.447 bits per heavy atom. The molecule has 4 aliphatic rings. The van der Waals surface area contributed by atoms with Crippen LogP contribution in [0.2, 0.25) is 0 Å². The Hall–Kier alpha value is -8.08. The predicted molar refractivity (Wildman–Crippen MR) is 325 cm³/mol. The lowest BCUT2D eigenvalue weighted by Crippen LogP contribution is -2.60. The molecule has 366 valence electrons. The quantitative estimate of drug-likeness (QED) is 0.161. The molecule has 4 heterocycles. The maximum absolute atomic E-state index is 2.72. The summed E-state index contributed by atoms with van der Waals surface area (Å²) in [4.78, 5) is 2.62. The number of fused-ring (bicyclic) bond motifs is 14. The van der Waals surface area contributed by atoms with Crippen molar-refractivity contribution in [1.29, 1.82) is 0 Å². The highest BCUT2D eigenvalue weighted by molar-refractivity contribution is 7.00. The molecule has 0 atom stereocenters. The van der Waals surface area contributed by atoms with Crippen LogP contribution in [0, 0.1) is 0 Å². The van der Waals surface area contributed by atoms with Gasteiger partial charge in [-0.15, -0.1) is 0 Å². The topological polar surface area (TPSA) is 13.1 Å². The van der Waals surface area contributed by atoms with E-state index >= 15 is 0 Å². The number of benzene rings is 10. The Labute approximate surface area is 446 Å². The zero-order valence-electron chi connectivity index (χ0n) is 45.2. The third-order valence-electron chi connectivity index (χ3n) is 18.5. The van der Waals surface area contributed by atoms with Gasteiger partial charge in [0.2, 0.25) is 0 Å². The van der Waals surface area contributed by atoms with Crippen molar-refractivity contribution < 1.29 is 0 Å². The molecule has 0 fully saturated rings. The number of hydrogen-bond acceptors (Lipinski definition) is 1. The smallest absolute Gasteiger partial charge is 0.252 e. The number of anilines is 3. The Bertz CT molecular complexity index is 4600. The highest BCUT2D eigenvalue weighted by Gasteiger charge is 2.47. The van der Waals surface area contributed by atoms with Crippen LogP contribution in [0.1, 0.15) is 103 Å². The SMILES string of the molecule is CC(C)c1ccc2c(c1)c1c3c(cc4c1n2-c1cc(-n2c5cccc6c5c5c7c(cccc7ccc52)-c2ccccc2-6)cc2c1B4c1cc(C(C)(C)C)ccc1N2c1ccc(C(C)(C)C)cc1)-c1ccccc1C3(C)C. The first-order valence-corrected chi connectivity index (χ1v) is 27.7. The second-order valence-corrected chi connectivity index (χ2v) is 25.5. The van der Waals surface area contributed by atoms with Gasteiger partial charge in [0, 0.05) is 55.2 Å². The molecular weight excluding hydrogens is 918 g/mol. The van der Waals surface area contributed by atoms with Gasteiger partial charge in [-0.2, -0.15) is 0 Å². The van der Waals surface area contributed by atoms with Crippen LogP contribution in [-0.2, 0) is 16.2 Å². The van der Waals surface area contributed by atoms with Gasteiger partial charge in [-0.1, -0.05) is 191 Å². The van der Waals surface area contributed by atoms with E-state index in [-0.39, 0.29) is 23.0 Å². The van der Waals surface area contributed by atoms with Crippen molar-refractivity contribution in [3.8, 4) is 44.8 Å². The minimum absolute atomic E-state index is 0.0140. The lowest BCUT2D eigenvalue weighted by Gasteiger charge is -2.41. The zero-order chi connectivity index (χ0) is 51.6.